The zero-order chi connectivity index (χ0) is 18.4. The number of nitrogens with zero attached hydrogens (tertiary/aromatic N) is 3. The highest BCUT2D eigenvalue weighted by atomic mass is 16.1. The fourth-order valence-electron chi connectivity index (χ4n) is 4.05. The van der Waals surface area contributed by atoms with Crippen LogP contribution in [0.25, 0.3) is 0 Å². The summed E-state index contributed by atoms with van der Waals surface area (Å²) in [6, 6.07) is 15.0. The number of nitrogens with one attached hydrogen (secondary N) is 1. The van der Waals surface area contributed by atoms with Gasteiger partial charge in [-0.3, -0.25) is 4.79 Å². The number of Topliss-reactive ketones (excluding diaryl/α,β-unsaturated/α-hetero) is 1. The van der Waals surface area contributed by atoms with Crippen LogP contribution in [-0.4, -0.2) is 48.7 Å². The van der Waals surface area contributed by atoms with E-state index >= 15 is 0 Å². The van der Waals surface area contributed by atoms with Crippen LogP contribution >= 0.6 is 0 Å². The summed E-state index contributed by atoms with van der Waals surface area (Å²) in [5.74, 6) is 1.09. The normalized spacial score (nSPS) is 19.1. The first-order valence-electron chi connectivity index (χ1n) is 9.80. The molecule has 5 rings (SSSR count). The van der Waals surface area contributed by atoms with E-state index in [2.05, 4.69) is 45.4 Å². The van der Waals surface area contributed by atoms with Gasteiger partial charge in [-0.25, -0.2) is 4.99 Å². The fraction of sp³-hybridized carbons (Fsp3) is 0.364. The smallest absolute Gasteiger partial charge is 0.159 e. The van der Waals surface area contributed by atoms with E-state index in [0.29, 0.717) is 6.04 Å². The van der Waals surface area contributed by atoms with Crippen LogP contribution in [0.4, 0.5) is 17.1 Å². The van der Waals surface area contributed by atoms with Crippen molar-refractivity contribution < 1.29 is 4.79 Å². The van der Waals surface area contributed by atoms with Crippen molar-refractivity contribution in [1.82, 2.24) is 10.2 Å². The van der Waals surface area contributed by atoms with E-state index in [4.69, 9.17) is 4.99 Å². The Morgan fingerprint density at radius 2 is 1.85 bits per heavy atom. The van der Waals surface area contributed by atoms with Crippen molar-refractivity contribution in [3.63, 3.8) is 0 Å². The van der Waals surface area contributed by atoms with E-state index in [9.17, 15) is 4.79 Å². The lowest BCUT2D eigenvalue weighted by molar-refractivity contribution is 0.101. The number of amidine groups is 1. The molecule has 2 aromatic rings. The Hall–Kier alpha value is -2.66. The summed E-state index contributed by atoms with van der Waals surface area (Å²) in [6.07, 6.45) is 2.40. The number of hydrogen-bond donors (Lipinski definition) is 1. The second-order valence-corrected chi connectivity index (χ2v) is 7.55. The molecule has 0 atom stereocenters. The monoisotopic (exact) mass is 360 g/mol. The number of benzene rings is 2. The van der Waals surface area contributed by atoms with Gasteiger partial charge in [0, 0.05) is 43.3 Å². The molecular weight excluding hydrogens is 336 g/mol. The Balaban J connectivity index is 1.74. The van der Waals surface area contributed by atoms with E-state index in [1.165, 1.54) is 24.2 Å². The fourth-order valence-corrected chi connectivity index (χ4v) is 4.05. The number of ketones is 1. The number of anilines is 2. The van der Waals surface area contributed by atoms with Gasteiger partial charge >= 0.3 is 0 Å². The van der Waals surface area contributed by atoms with Crippen LogP contribution < -0.4 is 10.2 Å². The Bertz CT molecular complexity index is 926. The molecular formula is C22H24N4O. The lowest BCUT2D eigenvalue weighted by Gasteiger charge is -2.32. The van der Waals surface area contributed by atoms with Gasteiger partial charge in [-0.15, -0.1) is 0 Å². The summed E-state index contributed by atoms with van der Waals surface area (Å²) in [5.41, 5.74) is 5.18. The van der Waals surface area contributed by atoms with E-state index in [1.54, 1.807) is 6.92 Å². The lowest BCUT2D eigenvalue weighted by Crippen LogP contribution is -2.46. The number of para-hydroxylation sites is 2. The van der Waals surface area contributed by atoms with Crippen molar-refractivity contribution >= 4 is 28.7 Å². The molecule has 3 aliphatic rings. The molecule has 2 aliphatic heterocycles. The third-order valence-electron chi connectivity index (χ3n) is 5.60. The average Bonchev–Trinajstić information content (AvgIpc) is 3.53. The number of piperazine rings is 1. The van der Waals surface area contributed by atoms with Crippen molar-refractivity contribution in [3.05, 3.63) is 53.6 Å². The van der Waals surface area contributed by atoms with Crippen LogP contribution in [0.5, 0.6) is 0 Å². The summed E-state index contributed by atoms with van der Waals surface area (Å²) in [5, 5.41) is 3.42. The minimum atomic E-state index is 0.0946. The molecule has 1 saturated carbocycles. The van der Waals surface area contributed by atoms with Crippen LogP contribution in [0, 0.1) is 0 Å². The number of fused-ring (bicyclic) bond motifs is 2. The maximum atomic E-state index is 12.1. The molecule has 1 aliphatic carbocycles. The van der Waals surface area contributed by atoms with Crippen LogP contribution in [0.15, 0.2) is 47.5 Å². The molecule has 0 amide bonds. The Labute approximate surface area is 159 Å². The Kier molecular flexibility index (Phi) is 3.97. The SMILES string of the molecule is CC(=O)c1ccc2c(c1)C(N1CCNCC1)=Nc1ccccc1N2C1CC1. The van der Waals surface area contributed by atoms with Gasteiger partial charge in [0.25, 0.3) is 0 Å². The summed E-state index contributed by atoms with van der Waals surface area (Å²) in [6.45, 7) is 5.39. The van der Waals surface area contributed by atoms with Crippen molar-refractivity contribution in [3.8, 4) is 0 Å². The summed E-state index contributed by atoms with van der Waals surface area (Å²) >= 11 is 0. The van der Waals surface area contributed by atoms with E-state index < -0.39 is 0 Å². The topological polar surface area (TPSA) is 47.9 Å². The van der Waals surface area contributed by atoms with E-state index in [-0.39, 0.29) is 5.78 Å². The van der Waals surface area contributed by atoms with E-state index in [0.717, 1.165) is 48.8 Å². The largest absolute Gasteiger partial charge is 0.353 e. The number of carbonyl (C=O) groups excluding carboxylic acids is 1. The minimum absolute atomic E-state index is 0.0946. The van der Waals surface area contributed by atoms with Crippen molar-refractivity contribution in [2.75, 3.05) is 31.1 Å². The molecule has 2 heterocycles. The molecule has 0 aromatic heterocycles. The highest BCUT2D eigenvalue weighted by molar-refractivity contribution is 6.10. The molecule has 5 heteroatoms. The molecule has 0 bridgehead atoms. The summed E-state index contributed by atoms with van der Waals surface area (Å²) < 4.78 is 0. The van der Waals surface area contributed by atoms with Crippen LogP contribution in [0.1, 0.15) is 35.7 Å². The number of hydrogen-bond acceptors (Lipinski definition) is 5. The maximum Gasteiger partial charge on any atom is 0.159 e. The van der Waals surface area contributed by atoms with Gasteiger partial charge in [-0.05, 0) is 50.1 Å². The van der Waals surface area contributed by atoms with Gasteiger partial charge < -0.3 is 15.1 Å². The number of aliphatic imine (C=N–C) groups is 1. The zero-order valence-corrected chi connectivity index (χ0v) is 15.6. The molecule has 0 spiro atoms. The Morgan fingerprint density at radius 1 is 1.07 bits per heavy atom. The van der Waals surface area contributed by atoms with Gasteiger partial charge in [0.1, 0.15) is 5.84 Å². The quantitative estimate of drug-likeness (QED) is 0.833. The first kappa shape index (κ1) is 16.5. The van der Waals surface area contributed by atoms with E-state index in [1.807, 2.05) is 12.1 Å². The lowest BCUT2D eigenvalue weighted by atomic mass is 10.0. The highest BCUT2D eigenvalue weighted by Gasteiger charge is 2.36. The van der Waals surface area contributed by atoms with Gasteiger partial charge in [-0.2, -0.15) is 0 Å². The van der Waals surface area contributed by atoms with Crippen molar-refractivity contribution in [1.29, 1.82) is 0 Å². The van der Waals surface area contributed by atoms with Crippen LogP contribution in [0.2, 0.25) is 0 Å². The maximum absolute atomic E-state index is 12.1. The zero-order valence-electron chi connectivity index (χ0n) is 15.6. The van der Waals surface area contributed by atoms with Crippen LogP contribution in [0.3, 0.4) is 0 Å². The number of carbonyl (C=O) groups is 1. The molecule has 0 unspecified atom stereocenters. The summed E-state index contributed by atoms with van der Waals surface area (Å²) in [7, 11) is 0. The second kappa shape index (κ2) is 6.50. The van der Waals surface area contributed by atoms with Crippen LogP contribution in [-0.2, 0) is 0 Å². The second-order valence-electron chi connectivity index (χ2n) is 7.55. The first-order chi connectivity index (χ1) is 13.2. The average molecular weight is 360 g/mol. The molecule has 138 valence electrons. The highest BCUT2D eigenvalue weighted by Crippen LogP contribution is 2.46. The molecule has 1 N–H and O–H groups in total. The first-order valence-corrected chi connectivity index (χ1v) is 9.80. The third-order valence-corrected chi connectivity index (χ3v) is 5.60. The molecule has 2 aromatic carbocycles. The predicted octanol–water partition coefficient (Wildman–Crippen LogP) is 3.49. The molecule has 5 nitrogen and oxygen atoms in total. The van der Waals surface area contributed by atoms with Gasteiger partial charge in [-0.1, -0.05) is 12.1 Å². The van der Waals surface area contributed by atoms with Crippen molar-refractivity contribution in [2.24, 2.45) is 4.99 Å². The number of rotatable bonds is 2. The van der Waals surface area contributed by atoms with Gasteiger partial charge in [0.15, 0.2) is 5.78 Å². The molecule has 2 fully saturated rings. The van der Waals surface area contributed by atoms with Gasteiger partial charge in [0.05, 0.1) is 17.1 Å². The summed E-state index contributed by atoms with van der Waals surface area (Å²) in [4.78, 5) is 22.0. The standard InChI is InChI=1S/C22H24N4O/c1-15(27)16-6-9-20-18(14-16)22(25-12-10-23-11-13-25)24-19-4-2-3-5-21(19)26(20)17-7-8-17/h2-6,9,14,17,23H,7-8,10-13H2,1H3. The Morgan fingerprint density at radius 3 is 2.59 bits per heavy atom. The minimum Gasteiger partial charge on any atom is -0.353 e. The predicted molar refractivity (Wildman–Crippen MR) is 109 cm³/mol. The van der Waals surface area contributed by atoms with Gasteiger partial charge in [0.2, 0.25) is 0 Å². The van der Waals surface area contributed by atoms with Crippen molar-refractivity contribution in [2.45, 2.75) is 25.8 Å². The third kappa shape index (κ3) is 2.92. The molecule has 0 radical (unpaired) electrons. The molecule has 27 heavy (non-hydrogen) atoms. The molecule has 1 saturated heterocycles.